The highest BCUT2D eigenvalue weighted by Gasteiger charge is 2.26. The maximum absolute atomic E-state index is 13.5. The normalized spacial score (nSPS) is 14.7. The maximum atomic E-state index is 13.5. The second-order valence-electron chi connectivity index (χ2n) is 8.81. The first-order chi connectivity index (χ1) is 17.1. The van der Waals surface area contributed by atoms with E-state index in [-0.39, 0.29) is 6.54 Å². The van der Waals surface area contributed by atoms with Crippen LogP contribution in [0.3, 0.4) is 0 Å². The maximum Gasteiger partial charge on any atom is 0.243 e. The van der Waals surface area contributed by atoms with Crippen molar-refractivity contribution in [3.8, 4) is 11.5 Å². The van der Waals surface area contributed by atoms with Gasteiger partial charge in [-0.2, -0.15) is 4.31 Å². The third-order valence-corrected chi connectivity index (χ3v) is 8.18. The number of benzene rings is 3. The fourth-order valence-corrected chi connectivity index (χ4v) is 5.77. The number of likely N-dealkylation sites (tertiary alicyclic amines) is 1. The van der Waals surface area contributed by atoms with Crippen molar-refractivity contribution in [3.05, 3.63) is 90.0 Å². The third-order valence-electron chi connectivity index (χ3n) is 6.32. The molecule has 0 aromatic heterocycles. The third kappa shape index (κ3) is 6.84. The van der Waals surface area contributed by atoms with Crippen molar-refractivity contribution in [3.63, 3.8) is 0 Å². The van der Waals surface area contributed by atoms with E-state index in [1.165, 1.54) is 19.3 Å². The minimum Gasteiger partial charge on any atom is -0.493 e. The van der Waals surface area contributed by atoms with Gasteiger partial charge in [-0.1, -0.05) is 61.0 Å². The molecule has 4 rings (SSSR count). The van der Waals surface area contributed by atoms with Crippen molar-refractivity contribution in [1.82, 2.24) is 9.21 Å². The monoisotopic (exact) mass is 494 g/mol. The zero-order valence-electron chi connectivity index (χ0n) is 20.3. The van der Waals surface area contributed by atoms with E-state index < -0.39 is 10.0 Å². The summed E-state index contributed by atoms with van der Waals surface area (Å²) >= 11 is 0. The van der Waals surface area contributed by atoms with Gasteiger partial charge < -0.3 is 14.4 Å². The Morgan fingerprint density at radius 3 is 2.20 bits per heavy atom. The Kier molecular flexibility index (Phi) is 8.79. The Morgan fingerprint density at radius 2 is 1.51 bits per heavy atom. The minimum absolute atomic E-state index is 0.264. The summed E-state index contributed by atoms with van der Waals surface area (Å²) in [4.78, 5) is 2.67. The molecule has 0 bridgehead atoms. The predicted octanol–water partition coefficient (Wildman–Crippen LogP) is 4.95. The lowest BCUT2D eigenvalue weighted by Gasteiger charge is -2.30. The molecule has 1 aliphatic rings. The van der Waals surface area contributed by atoms with Gasteiger partial charge in [-0.05, 0) is 61.3 Å². The average Bonchev–Trinajstić information content (AvgIpc) is 2.91. The predicted molar refractivity (Wildman–Crippen MR) is 138 cm³/mol. The molecule has 6 nitrogen and oxygen atoms in total. The Balaban J connectivity index is 1.52. The topological polar surface area (TPSA) is 59.1 Å². The van der Waals surface area contributed by atoms with Crippen LogP contribution >= 0.6 is 0 Å². The van der Waals surface area contributed by atoms with Gasteiger partial charge in [0.25, 0.3) is 0 Å². The van der Waals surface area contributed by atoms with Gasteiger partial charge >= 0.3 is 0 Å². The van der Waals surface area contributed by atoms with Gasteiger partial charge in [0, 0.05) is 19.6 Å². The quantitative estimate of drug-likeness (QED) is 0.377. The Labute approximate surface area is 209 Å². The molecule has 0 atom stereocenters. The fraction of sp³-hybridized carbons (Fsp3) is 0.357. The van der Waals surface area contributed by atoms with Gasteiger partial charge in [0.15, 0.2) is 11.5 Å². The number of sulfonamides is 1. The zero-order chi connectivity index (χ0) is 24.5. The molecule has 186 valence electrons. The molecule has 7 heteroatoms. The summed E-state index contributed by atoms with van der Waals surface area (Å²) in [5, 5.41) is 0. The summed E-state index contributed by atoms with van der Waals surface area (Å²) in [5.41, 5.74) is 1.92. The summed E-state index contributed by atoms with van der Waals surface area (Å²) < 4.78 is 40.2. The van der Waals surface area contributed by atoms with Crippen LogP contribution in [0.2, 0.25) is 0 Å². The first kappa shape index (κ1) is 25.2. The summed E-state index contributed by atoms with van der Waals surface area (Å²) in [5.74, 6) is 1.22. The summed E-state index contributed by atoms with van der Waals surface area (Å²) in [6, 6.07) is 24.3. The molecule has 3 aromatic rings. The highest BCUT2D eigenvalue weighted by molar-refractivity contribution is 7.89. The minimum atomic E-state index is -3.64. The van der Waals surface area contributed by atoms with E-state index >= 15 is 0 Å². The molecule has 0 aliphatic carbocycles. The molecule has 1 saturated heterocycles. The van der Waals surface area contributed by atoms with Gasteiger partial charge in [0.2, 0.25) is 10.0 Å². The van der Waals surface area contributed by atoms with Crippen molar-refractivity contribution in [1.29, 1.82) is 0 Å². The first-order valence-corrected chi connectivity index (χ1v) is 13.6. The molecule has 1 aliphatic heterocycles. The van der Waals surface area contributed by atoms with E-state index in [1.54, 1.807) is 35.7 Å². The number of hydrogen-bond acceptors (Lipinski definition) is 5. The zero-order valence-corrected chi connectivity index (χ0v) is 21.1. The van der Waals surface area contributed by atoms with E-state index in [0.29, 0.717) is 29.5 Å². The Morgan fingerprint density at radius 1 is 0.829 bits per heavy atom. The highest BCUT2D eigenvalue weighted by atomic mass is 32.2. The van der Waals surface area contributed by atoms with Gasteiger partial charge in [-0.25, -0.2) is 8.42 Å². The molecule has 3 aromatic carbocycles. The molecular formula is C28H34N2O4S. The number of nitrogens with zero attached hydrogens (tertiary/aromatic N) is 2. The number of ether oxygens (including phenoxy) is 2. The summed E-state index contributed by atoms with van der Waals surface area (Å²) in [7, 11) is -2.04. The second kappa shape index (κ2) is 12.2. The standard InChI is InChI=1S/C28H34N2O4S/c1-33-28-21-25(15-16-27(28)34-23-24-11-5-2-6-12-24)22-30(20-19-29-17-9-4-10-18-29)35(31,32)26-13-7-3-8-14-26/h2-3,5-8,11-16,21H,4,9-10,17-20,22-23H2,1H3. The van der Waals surface area contributed by atoms with Gasteiger partial charge in [-0.15, -0.1) is 0 Å². The summed E-state index contributed by atoms with van der Waals surface area (Å²) in [6.07, 6.45) is 3.60. The molecule has 1 fully saturated rings. The Hall–Kier alpha value is -2.87. The Bertz CT molecular complexity index is 1160. The van der Waals surface area contributed by atoms with Crippen LogP contribution in [-0.4, -0.2) is 50.9 Å². The van der Waals surface area contributed by atoms with Crippen LogP contribution in [0.25, 0.3) is 0 Å². The highest BCUT2D eigenvalue weighted by Crippen LogP contribution is 2.30. The SMILES string of the molecule is COc1cc(CN(CCN2CCCCC2)S(=O)(=O)c2ccccc2)ccc1OCc1ccccc1. The largest absolute Gasteiger partial charge is 0.493 e. The molecule has 0 N–H and O–H groups in total. The van der Waals surface area contributed by atoms with E-state index in [2.05, 4.69) is 4.90 Å². The van der Waals surface area contributed by atoms with Crippen molar-refractivity contribution in [2.45, 2.75) is 37.3 Å². The van der Waals surface area contributed by atoms with Crippen molar-refractivity contribution in [2.24, 2.45) is 0 Å². The van der Waals surface area contributed by atoms with Crippen molar-refractivity contribution < 1.29 is 17.9 Å². The van der Waals surface area contributed by atoms with Crippen LogP contribution in [0.5, 0.6) is 11.5 Å². The van der Waals surface area contributed by atoms with Crippen molar-refractivity contribution in [2.75, 3.05) is 33.3 Å². The van der Waals surface area contributed by atoms with Crippen LogP contribution in [-0.2, 0) is 23.2 Å². The van der Waals surface area contributed by atoms with Crippen LogP contribution in [0.15, 0.2) is 83.8 Å². The van der Waals surface area contributed by atoms with E-state index in [1.807, 2.05) is 54.6 Å². The number of piperidine rings is 1. The van der Waals surface area contributed by atoms with Crippen LogP contribution in [0.4, 0.5) is 0 Å². The van der Waals surface area contributed by atoms with Gasteiger partial charge in [-0.3, -0.25) is 0 Å². The van der Waals surface area contributed by atoms with Crippen LogP contribution in [0.1, 0.15) is 30.4 Å². The smallest absolute Gasteiger partial charge is 0.243 e. The van der Waals surface area contributed by atoms with Gasteiger partial charge in [0.1, 0.15) is 6.61 Å². The molecule has 1 heterocycles. The van der Waals surface area contributed by atoms with Crippen LogP contribution in [0, 0.1) is 0 Å². The second-order valence-corrected chi connectivity index (χ2v) is 10.8. The molecule has 0 unspecified atom stereocenters. The lowest BCUT2D eigenvalue weighted by atomic mass is 10.1. The molecular weight excluding hydrogens is 460 g/mol. The van der Waals surface area contributed by atoms with E-state index in [4.69, 9.17) is 9.47 Å². The van der Waals surface area contributed by atoms with E-state index in [0.717, 1.165) is 30.8 Å². The molecule has 0 saturated carbocycles. The van der Waals surface area contributed by atoms with Crippen molar-refractivity contribution >= 4 is 10.0 Å². The number of methoxy groups -OCH3 is 1. The van der Waals surface area contributed by atoms with Gasteiger partial charge in [0.05, 0.1) is 12.0 Å². The lowest BCUT2D eigenvalue weighted by Crippen LogP contribution is -2.40. The van der Waals surface area contributed by atoms with Crippen LogP contribution < -0.4 is 9.47 Å². The lowest BCUT2D eigenvalue weighted by molar-refractivity contribution is 0.211. The molecule has 35 heavy (non-hydrogen) atoms. The molecule has 0 radical (unpaired) electrons. The average molecular weight is 495 g/mol. The molecule has 0 amide bonds. The number of rotatable bonds is 11. The first-order valence-electron chi connectivity index (χ1n) is 12.2. The summed E-state index contributed by atoms with van der Waals surface area (Å²) in [6.45, 7) is 3.91. The molecule has 0 spiro atoms. The number of hydrogen-bond donors (Lipinski definition) is 0. The van der Waals surface area contributed by atoms with E-state index in [9.17, 15) is 8.42 Å². The fourth-order valence-electron chi connectivity index (χ4n) is 4.33.